The highest BCUT2D eigenvalue weighted by atomic mass is 32.2. The van der Waals surface area contributed by atoms with Gasteiger partial charge < -0.3 is 9.47 Å². The van der Waals surface area contributed by atoms with Crippen LogP contribution >= 0.6 is 11.8 Å². The van der Waals surface area contributed by atoms with Gasteiger partial charge in [-0.1, -0.05) is 44.0 Å². The Hall–Kier alpha value is -3.24. The standard InChI is InChI=1S/C26H27N3O3S/c1-18-8-6-7-11-21(18)29-25(30)24(33-26(29)28-20-9-4-3-5-10-20)17-19-12-13-22(32-15-14-27)23(16-19)31-2/h3-5,9-10,12-13,16-18,21H,6-8,11,15H2,1-2H3/b24-17-,28-26?/t18-,21+/m1/s1. The van der Waals surface area contributed by atoms with Crippen molar-refractivity contribution in [2.75, 3.05) is 13.7 Å². The fraction of sp³-hybridized carbons (Fsp3) is 0.346. The summed E-state index contributed by atoms with van der Waals surface area (Å²) in [7, 11) is 1.55. The molecule has 2 atom stereocenters. The summed E-state index contributed by atoms with van der Waals surface area (Å²) in [6.07, 6.45) is 6.33. The molecule has 4 rings (SSSR count). The smallest absolute Gasteiger partial charge is 0.267 e. The molecule has 1 amide bonds. The van der Waals surface area contributed by atoms with E-state index in [0.29, 0.717) is 22.3 Å². The first kappa shape index (κ1) is 22.9. The van der Waals surface area contributed by atoms with Crippen molar-refractivity contribution in [2.45, 2.75) is 38.6 Å². The van der Waals surface area contributed by atoms with Crippen LogP contribution < -0.4 is 9.47 Å². The number of nitrogens with zero attached hydrogens (tertiary/aromatic N) is 3. The Morgan fingerprint density at radius 1 is 1.18 bits per heavy atom. The number of hydrogen-bond donors (Lipinski definition) is 0. The van der Waals surface area contributed by atoms with E-state index in [-0.39, 0.29) is 18.6 Å². The lowest BCUT2D eigenvalue weighted by Gasteiger charge is -2.35. The van der Waals surface area contributed by atoms with E-state index in [1.807, 2.05) is 59.5 Å². The van der Waals surface area contributed by atoms with Gasteiger partial charge in [0, 0.05) is 6.04 Å². The number of benzene rings is 2. The number of rotatable bonds is 6. The monoisotopic (exact) mass is 461 g/mol. The summed E-state index contributed by atoms with van der Waals surface area (Å²) in [5.74, 6) is 1.44. The van der Waals surface area contributed by atoms with Crippen LogP contribution in [0.3, 0.4) is 0 Å². The normalized spacial score (nSPS) is 23.1. The van der Waals surface area contributed by atoms with Crippen LogP contribution in [0.5, 0.6) is 11.5 Å². The first-order valence-electron chi connectivity index (χ1n) is 11.2. The van der Waals surface area contributed by atoms with Gasteiger partial charge >= 0.3 is 0 Å². The first-order chi connectivity index (χ1) is 16.1. The molecule has 7 heteroatoms. The quantitative estimate of drug-likeness (QED) is 0.510. The predicted octanol–water partition coefficient (Wildman–Crippen LogP) is 5.78. The molecule has 6 nitrogen and oxygen atoms in total. The van der Waals surface area contributed by atoms with Gasteiger partial charge in [0.15, 0.2) is 23.3 Å². The van der Waals surface area contributed by atoms with Crippen LogP contribution in [0.1, 0.15) is 38.2 Å². The van der Waals surface area contributed by atoms with E-state index >= 15 is 0 Å². The summed E-state index contributed by atoms with van der Waals surface area (Å²) in [4.78, 5) is 21.0. The van der Waals surface area contributed by atoms with Crippen LogP contribution in [0.25, 0.3) is 6.08 Å². The van der Waals surface area contributed by atoms with Crippen molar-refractivity contribution in [2.24, 2.45) is 10.9 Å². The van der Waals surface area contributed by atoms with E-state index in [4.69, 9.17) is 19.7 Å². The molecule has 2 aromatic rings. The second kappa shape index (κ2) is 10.6. The highest BCUT2D eigenvalue weighted by Crippen LogP contribution is 2.40. The zero-order valence-corrected chi connectivity index (χ0v) is 19.7. The van der Waals surface area contributed by atoms with Crippen LogP contribution in [0.15, 0.2) is 58.4 Å². The largest absolute Gasteiger partial charge is 0.493 e. The lowest BCUT2D eigenvalue weighted by molar-refractivity contribution is -0.124. The first-order valence-corrected chi connectivity index (χ1v) is 12.0. The zero-order chi connectivity index (χ0) is 23.2. The van der Waals surface area contributed by atoms with Crippen LogP contribution in [0, 0.1) is 17.2 Å². The number of carbonyl (C=O) groups excluding carboxylic acids is 1. The minimum atomic E-state index is -0.0566. The Balaban J connectivity index is 1.68. The average Bonchev–Trinajstić information content (AvgIpc) is 3.13. The zero-order valence-electron chi connectivity index (χ0n) is 18.9. The molecule has 1 aliphatic carbocycles. The predicted molar refractivity (Wildman–Crippen MR) is 131 cm³/mol. The Morgan fingerprint density at radius 2 is 1.97 bits per heavy atom. The van der Waals surface area contributed by atoms with Crippen LogP contribution in [-0.4, -0.2) is 35.7 Å². The molecule has 33 heavy (non-hydrogen) atoms. The van der Waals surface area contributed by atoms with Crippen LogP contribution in [0.4, 0.5) is 5.69 Å². The maximum Gasteiger partial charge on any atom is 0.267 e. The summed E-state index contributed by atoms with van der Waals surface area (Å²) in [5, 5.41) is 9.50. The molecule has 2 aromatic carbocycles. The molecule has 0 bridgehead atoms. The molecule has 2 fully saturated rings. The van der Waals surface area contributed by atoms with Crippen molar-refractivity contribution >= 4 is 34.6 Å². The topological polar surface area (TPSA) is 74.9 Å². The van der Waals surface area contributed by atoms with Gasteiger partial charge in [0.2, 0.25) is 0 Å². The molecule has 0 N–H and O–H groups in total. The van der Waals surface area contributed by atoms with Crippen molar-refractivity contribution in [3.05, 3.63) is 59.0 Å². The van der Waals surface area contributed by atoms with Gasteiger partial charge in [-0.2, -0.15) is 5.26 Å². The van der Waals surface area contributed by atoms with E-state index in [1.165, 1.54) is 18.2 Å². The number of aliphatic imine (C=N–C) groups is 1. The summed E-state index contributed by atoms with van der Waals surface area (Å²) in [6.45, 7) is 2.17. The highest BCUT2D eigenvalue weighted by molar-refractivity contribution is 8.18. The number of nitriles is 1. The fourth-order valence-corrected chi connectivity index (χ4v) is 5.35. The molecule has 0 spiro atoms. The summed E-state index contributed by atoms with van der Waals surface area (Å²) in [5.41, 5.74) is 1.66. The molecule has 1 heterocycles. The van der Waals surface area contributed by atoms with E-state index in [9.17, 15) is 4.79 Å². The molecule has 0 unspecified atom stereocenters. The van der Waals surface area contributed by atoms with Crippen molar-refractivity contribution in [1.82, 2.24) is 4.90 Å². The van der Waals surface area contributed by atoms with E-state index in [0.717, 1.165) is 35.7 Å². The Kier molecular flexibility index (Phi) is 7.36. The number of hydrogen-bond acceptors (Lipinski definition) is 6. The molecule has 1 saturated heterocycles. The van der Waals surface area contributed by atoms with Crippen molar-refractivity contribution in [1.29, 1.82) is 5.26 Å². The van der Waals surface area contributed by atoms with E-state index < -0.39 is 0 Å². The Labute approximate surface area is 198 Å². The summed E-state index contributed by atoms with van der Waals surface area (Å²) < 4.78 is 10.8. The number of thioether (sulfide) groups is 1. The minimum Gasteiger partial charge on any atom is -0.493 e. The summed E-state index contributed by atoms with van der Waals surface area (Å²) in [6, 6.07) is 17.3. The van der Waals surface area contributed by atoms with Crippen molar-refractivity contribution in [3.8, 4) is 17.6 Å². The lowest BCUT2D eigenvalue weighted by Crippen LogP contribution is -2.44. The number of carbonyl (C=O) groups is 1. The maximum absolute atomic E-state index is 13.6. The number of amides is 1. The second-order valence-corrected chi connectivity index (χ2v) is 9.21. The summed E-state index contributed by atoms with van der Waals surface area (Å²) >= 11 is 1.42. The third kappa shape index (κ3) is 5.23. The number of methoxy groups -OCH3 is 1. The average molecular weight is 462 g/mol. The second-order valence-electron chi connectivity index (χ2n) is 8.20. The maximum atomic E-state index is 13.6. The molecular formula is C26H27N3O3S. The number of amidine groups is 1. The molecule has 1 saturated carbocycles. The van der Waals surface area contributed by atoms with Crippen LogP contribution in [0.2, 0.25) is 0 Å². The van der Waals surface area contributed by atoms with Crippen molar-refractivity contribution < 1.29 is 14.3 Å². The van der Waals surface area contributed by atoms with Crippen molar-refractivity contribution in [3.63, 3.8) is 0 Å². The number of ether oxygens (including phenoxy) is 2. The number of para-hydroxylation sites is 1. The fourth-order valence-electron chi connectivity index (χ4n) is 4.30. The molecular weight excluding hydrogens is 434 g/mol. The van der Waals surface area contributed by atoms with Gasteiger partial charge in [-0.05, 0) is 66.4 Å². The lowest BCUT2D eigenvalue weighted by atomic mass is 9.85. The molecule has 1 aliphatic heterocycles. The van der Waals surface area contributed by atoms with Crippen LogP contribution in [-0.2, 0) is 4.79 Å². The molecule has 2 aliphatic rings. The van der Waals surface area contributed by atoms with Gasteiger partial charge in [0.05, 0.1) is 17.7 Å². The van der Waals surface area contributed by atoms with Gasteiger partial charge in [0.1, 0.15) is 6.07 Å². The SMILES string of the molecule is COc1cc(/C=C2\SC(=Nc3ccccc3)N([C@H]3CCCC[C@H]3C)C2=O)ccc1OCC#N. The van der Waals surface area contributed by atoms with Gasteiger partial charge in [-0.25, -0.2) is 4.99 Å². The third-order valence-electron chi connectivity index (χ3n) is 5.99. The Bertz CT molecular complexity index is 1110. The highest BCUT2D eigenvalue weighted by Gasteiger charge is 2.41. The van der Waals surface area contributed by atoms with Gasteiger partial charge in [-0.15, -0.1) is 0 Å². The third-order valence-corrected chi connectivity index (χ3v) is 6.98. The molecule has 0 aromatic heterocycles. The minimum absolute atomic E-state index is 0.00259. The molecule has 170 valence electrons. The van der Waals surface area contributed by atoms with Gasteiger partial charge in [-0.3, -0.25) is 9.69 Å². The molecule has 0 radical (unpaired) electrons. The van der Waals surface area contributed by atoms with Gasteiger partial charge in [0.25, 0.3) is 5.91 Å². The van der Waals surface area contributed by atoms with E-state index in [1.54, 1.807) is 13.2 Å². The Morgan fingerprint density at radius 3 is 2.70 bits per heavy atom. The van der Waals surface area contributed by atoms with E-state index in [2.05, 4.69) is 6.92 Å².